The molecule has 96 valence electrons. The molecule has 1 aromatic rings. The first-order chi connectivity index (χ1) is 8.63. The van der Waals surface area contributed by atoms with Gasteiger partial charge in [-0.3, -0.25) is 0 Å². The zero-order valence-corrected chi connectivity index (χ0v) is 11.2. The normalized spacial score (nSPS) is 11.7. The van der Waals surface area contributed by atoms with Crippen LogP contribution >= 0.6 is 0 Å². The lowest BCUT2D eigenvalue weighted by Crippen LogP contribution is -2.04. The summed E-state index contributed by atoms with van der Waals surface area (Å²) in [7, 11) is 0. The molecule has 0 aliphatic rings. The minimum atomic E-state index is 0.337. The Kier molecular flexibility index (Phi) is 5.38. The van der Waals surface area contributed by atoms with Crippen molar-refractivity contribution < 1.29 is 9.53 Å². The maximum Gasteiger partial charge on any atom is 0.123 e. The molecule has 1 unspecified atom stereocenters. The number of nitriles is 1. The van der Waals surface area contributed by atoms with Gasteiger partial charge in [0.2, 0.25) is 0 Å². The molecule has 0 N–H and O–H groups in total. The molecule has 3 nitrogen and oxygen atoms in total. The molecular weight excluding hydrogens is 226 g/mol. The van der Waals surface area contributed by atoms with Crippen molar-refractivity contribution in [2.75, 3.05) is 6.61 Å². The molecule has 18 heavy (non-hydrogen) atoms. The lowest BCUT2D eigenvalue weighted by Gasteiger charge is -2.17. The van der Waals surface area contributed by atoms with Crippen LogP contribution in [-0.4, -0.2) is 12.9 Å². The molecule has 1 aromatic carbocycles. The Bertz CT molecular complexity index is 460. The summed E-state index contributed by atoms with van der Waals surface area (Å²) < 4.78 is 5.64. The van der Waals surface area contributed by atoms with Crippen molar-refractivity contribution in [3.8, 4) is 11.8 Å². The van der Waals surface area contributed by atoms with Gasteiger partial charge in [0, 0.05) is 6.42 Å². The zero-order chi connectivity index (χ0) is 13.5. The molecular formula is C15H19NO2. The Morgan fingerprint density at radius 3 is 2.78 bits per heavy atom. The van der Waals surface area contributed by atoms with E-state index in [9.17, 15) is 4.79 Å². The topological polar surface area (TPSA) is 50.1 Å². The first-order valence-corrected chi connectivity index (χ1v) is 6.25. The Hall–Kier alpha value is -1.82. The van der Waals surface area contributed by atoms with Crippen LogP contribution < -0.4 is 4.74 Å². The highest BCUT2D eigenvalue weighted by atomic mass is 16.5. The van der Waals surface area contributed by atoms with E-state index in [0.717, 1.165) is 29.6 Å². The van der Waals surface area contributed by atoms with Crippen molar-refractivity contribution in [1.29, 1.82) is 5.26 Å². The lowest BCUT2D eigenvalue weighted by molar-refractivity contribution is -0.108. The fourth-order valence-electron chi connectivity index (χ4n) is 1.77. The van der Waals surface area contributed by atoms with Crippen LogP contribution in [0.4, 0.5) is 0 Å². The van der Waals surface area contributed by atoms with E-state index in [0.29, 0.717) is 24.5 Å². The number of nitrogens with zero attached hydrogens (tertiary/aromatic N) is 1. The predicted molar refractivity (Wildman–Crippen MR) is 70.8 cm³/mol. The first kappa shape index (κ1) is 14.2. The molecule has 0 aliphatic heterocycles. The van der Waals surface area contributed by atoms with Crippen LogP contribution in [0.25, 0.3) is 0 Å². The monoisotopic (exact) mass is 245 g/mol. The van der Waals surface area contributed by atoms with E-state index in [2.05, 4.69) is 19.9 Å². The Morgan fingerprint density at radius 2 is 2.22 bits per heavy atom. The number of benzene rings is 1. The fourth-order valence-corrected chi connectivity index (χ4v) is 1.77. The van der Waals surface area contributed by atoms with Gasteiger partial charge in [0.15, 0.2) is 0 Å². The Balaban J connectivity index is 3.09. The maximum atomic E-state index is 10.3. The zero-order valence-electron chi connectivity index (χ0n) is 11.2. The van der Waals surface area contributed by atoms with Gasteiger partial charge >= 0.3 is 0 Å². The van der Waals surface area contributed by atoms with Crippen molar-refractivity contribution in [3.05, 3.63) is 28.8 Å². The number of aryl methyl sites for hydroxylation is 1. The first-order valence-electron chi connectivity index (χ1n) is 6.25. The standard InChI is InChI=1S/C15H19NO2/c1-4-11(2)14-9-13(10-16)12(3)8-15(14)18-7-5-6-17/h6,8-9,11H,4-5,7H2,1-3H3. The van der Waals surface area contributed by atoms with Crippen molar-refractivity contribution in [2.45, 2.75) is 39.5 Å². The molecule has 0 spiro atoms. The van der Waals surface area contributed by atoms with E-state index in [1.165, 1.54) is 0 Å². The lowest BCUT2D eigenvalue weighted by atomic mass is 9.94. The quantitative estimate of drug-likeness (QED) is 0.570. The number of hydrogen-bond donors (Lipinski definition) is 0. The molecule has 0 bridgehead atoms. The Labute approximate surface area is 108 Å². The van der Waals surface area contributed by atoms with Crippen molar-refractivity contribution in [1.82, 2.24) is 0 Å². The Morgan fingerprint density at radius 1 is 1.50 bits per heavy atom. The van der Waals surface area contributed by atoms with E-state index in [4.69, 9.17) is 10.00 Å². The van der Waals surface area contributed by atoms with E-state index < -0.39 is 0 Å². The maximum absolute atomic E-state index is 10.3. The van der Waals surface area contributed by atoms with Gasteiger partial charge in [-0.25, -0.2) is 0 Å². The number of rotatable bonds is 6. The summed E-state index contributed by atoms with van der Waals surface area (Å²) in [4.78, 5) is 10.3. The second-order valence-corrected chi connectivity index (χ2v) is 4.43. The molecule has 1 rings (SSSR count). The van der Waals surface area contributed by atoms with Crippen molar-refractivity contribution in [2.24, 2.45) is 0 Å². The van der Waals surface area contributed by atoms with Gasteiger partial charge in [-0.1, -0.05) is 13.8 Å². The second-order valence-electron chi connectivity index (χ2n) is 4.43. The average molecular weight is 245 g/mol. The van der Waals surface area contributed by atoms with Crippen LogP contribution in [0.1, 0.15) is 49.3 Å². The van der Waals surface area contributed by atoms with E-state index in [-0.39, 0.29) is 0 Å². The summed E-state index contributed by atoms with van der Waals surface area (Å²) in [6, 6.07) is 5.99. The van der Waals surface area contributed by atoms with Crippen LogP contribution in [0.2, 0.25) is 0 Å². The smallest absolute Gasteiger partial charge is 0.123 e. The minimum Gasteiger partial charge on any atom is -0.493 e. The molecule has 0 radical (unpaired) electrons. The third-order valence-electron chi connectivity index (χ3n) is 3.11. The van der Waals surface area contributed by atoms with Gasteiger partial charge in [-0.15, -0.1) is 0 Å². The summed E-state index contributed by atoms with van der Waals surface area (Å²) in [6.45, 7) is 6.49. The van der Waals surface area contributed by atoms with Crippen molar-refractivity contribution in [3.63, 3.8) is 0 Å². The molecule has 0 saturated carbocycles. The minimum absolute atomic E-state index is 0.337. The highest BCUT2D eigenvalue weighted by molar-refractivity contribution is 5.50. The van der Waals surface area contributed by atoms with Crippen LogP contribution in [0.15, 0.2) is 12.1 Å². The highest BCUT2D eigenvalue weighted by Crippen LogP contribution is 2.31. The summed E-state index contributed by atoms with van der Waals surface area (Å²) in [5.74, 6) is 1.13. The summed E-state index contributed by atoms with van der Waals surface area (Å²) in [6.07, 6.45) is 2.22. The molecule has 3 heteroatoms. The number of aldehydes is 1. The number of hydrogen-bond acceptors (Lipinski definition) is 3. The van der Waals surface area contributed by atoms with Gasteiger partial charge in [0.05, 0.1) is 18.2 Å². The van der Waals surface area contributed by atoms with Crippen LogP contribution in [-0.2, 0) is 4.79 Å². The van der Waals surface area contributed by atoms with Gasteiger partial charge < -0.3 is 9.53 Å². The second kappa shape index (κ2) is 6.80. The van der Waals surface area contributed by atoms with Crippen LogP contribution in [0.5, 0.6) is 5.75 Å². The third-order valence-corrected chi connectivity index (χ3v) is 3.11. The van der Waals surface area contributed by atoms with Crippen LogP contribution in [0.3, 0.4) is 0 Å². The molecule has 0 fully saturated rings. The van der Waals surface area contributed by atoms with E-state index in [1.807, 2.05) is 19.1 Å². The molecule has 0 aromatic heterocycles. The summed E-state index contributed by atoms with van der Waals surface area (Å²) in [5, 5.41) is 9.07. The molecule has 0 saturated heterocycles. The predicted octanol–water partition coefficient (Wildman–Crippen LogP) is 3.35. The molecule has 0 aliphatic carbocycles. The van der Waals surface area contributed by atoms with Crippen LogP contribution in [0, 0.1) is 18.3 Å². The number of carbonyl (C=O) groups excluding carboxylic acids is 1. The SMILES string of the molecule is CCC(C)c1cc(C#N)c(C)cc1OCCC=O. The molecule has 0 amide bonds. The summed E-state index contributed by atoms with van der Waals surface area (Å²) in [5.41, 5.74) is 2.64. The van der Waals surface area contributed by atoms with Gasteiger partial charge in [-0.2, -0.15) is 5.26 Å². The number of ether oxygens (including phenoxy) is 1. The van der Waals surface area contributed by atoms with E-state index in [1.54, 1.807) is 0 Å². The van der Waals surface area contributed by atoms with E-state index >= 15 is 0 Å². The highest BCUT2D eigenvalue weighted by Gasteiger charge is 2.13. The molecule has 1 atom stereocenters. The molecule has 0 heterocycles. The fraction of sp³-hybridized carbons (Fsp3) is 0.467. The largest absolute Gasteiger partial charge is 0.493 e. The van der Waals surface area contributed by atoms with Gasteiger partial charge in [-0.05, 0) is 42.5 Å². The number of carbonyl (C=O) groups is 1. The van der Waals surface area contributed by atoms with Gasteiger partial charge in [0.25, 0.3) is 0 Å². The third kappa shape index (κ3) is 3.33. The average Bonchev–Trinajstić information content (AvgIpc) is 2.38. The van der Waals surface area contributed by atoms with Gasteiger partial charge in [0.1, 0.15) is 12.0 Å². The van der Waals surface area contributed by atoms with Crippen molar-refractivity contribution >= 4 is 6.29 Å². The summed E-state index contributed by atoms with van der Waals surface area (Å²) >= 11 is 0.